The van der Waals surface area contributed by atoms with Gasteiger partial charge in [-0.15, -0.1) is 0 Å². The van der Waals surface area contributed by atoms with E-state index in [1.165, 1.54) is 19.3 Å². The number of amides is 1. The van der Waals surface area contributed by atoms with Crippen LogP contribution in [-0.2, 0) is 9.53 Å². The summed E-state index contributed by atoms with van der Waals surface area (Å²) >= 11 is 0. The summed E-state index contributed by atoms with van der Waals surface area (Å²) in [6.45, 7) is 0.521. The van der Waals surface area contributed by atoms with Gasteiger partial charge in [-0.25, -0.2) is 0 Å². The maximum atomic E-state index is 11.9. The third-order valence-electron chi connectivity index (χ3n) is 3.61. The SMILES string of the molecule is NC[C@H]1CC[C@@H](C(=O)NC2CCCCC2)O1. The molecule has 2 atom stereocenters. The number of nitrogens with two attached hydrogens (primary N) is 1. The second kappa shape index (κ2) is 5.64. The van der Waals surface area contributed by atoms with Crippen LogP contribution in [0.15, 0.2) is 0 Å². The predicted molar refractivity (Wildman–Crippen MR) is 62.0 cm³/mol. The van der Waals surface area contributed by atoms with Gasteiger partial charge >= 0.3 is 0 Å². The second-order valence-electron chi connectivity index (χ2n) is 4.90. The summed E-state index contributed by atoms with van der Waals surface area (Å²) in [5.74, 6) is 0.0721. The van der Waals surface area contributed by atoms with E-state index in [-0.39, 0.29) is 18.1 Å². The lowest BCUT2D eigenvalue weighted by Gasteiger charge is -2.24. The minimum absolute atomic E-state index is 0.0721. The molecule has 2 aliphatic rings. The minimum Gasteiger partial charge on any atom is -0.364 e. The van der Waals surface area contributed by atoms with Gasteiger partial charge in [-0.05, 0) is 25.7 Å². The molecular weight excluding hydrogens is 204 g/mol. The number of nitrogens with one attached hydrogen (secondary N) is 1. The number of carbonyl (C=O) groups excluding carboxylic acids is 1. The Morgan fingerprint density at radius 1 is 1.19 bits per heavy atom. The topological polar surface area (TPSA) is 64.4 Å². The van der Waals surface area contributed by atoms with Crippen molar-refractivity contribution in [3.63, 3.8) is 0 Å². The molecule has 1 aliphatic carbocycles. The van der Waals surface area contributed by atoms with E-state index in [0.717, 1.165) is 25.7 Å². The van der Waals surface area contributed by atoms with E-state index in [1.807, 2.05) is 0 Å². The van der Waals surface area contributed by atoms with Gasteiger partial charge in [0.1, 0.15) is 6.10 Å². The zero-order valence-corrected chi connectivity index (χ0v) is 9.78. The van der Waals surface area contributed by atoms with Crippen LogP contribution in [-0.4, -0.2) is 30.7 Å². The van der Waals surface area contributed by atoms with Crippen LogP contribution in [0.1, 0.15) is 44.9 Å². The van der Waals surface area contributed by atoms with Crippen molar-refractivity contribution in [2.45, 2.75) is 63.2 Å². The first kappa shape index (κ1) is 11.9. The Hall–Kier alpha value is -0.610. The molecule has 0 radical (unpaired) electrons. The van der Waals surface area contributed by atoms with Crippen LogP contribution in [0.5, 0.6) is 0 Å². The molecule has 0 aromatic heterocycles. The predicted octanol–water partition coefficient (Wildman–Crippen LogP) is 0.942. The Morgan fingerprint density at radius 3 is 2.56 bits per heavy atom. The molecule has 1 saturated carbocycles. The number of ether oxygens (including phenoxy) is 1. The molecule has 4 heteroatoms. The zero-order chi connectivity index (χ0) is 11.4. The fourth-order valence-corrected chi connectivity index (χ4v) is 2.61. The largest absolute Gasteiger partial charge is 0.364 e. The standard InChI is InChI=1S/C12H22N2O2/c13-8-10-6-7-11(16-10)12(15)14-9-4-2-1-3-5-9/h9-11H,1-8,13H2,(H,14,15)/t10-,11+/m1/s1. The molecule has 0 aromatic rings. The molecule has 0 spiro atoms. The Bertz CT molecular complexity index is 239. The third kappa shape index (κ3) is 2.95. The first-order valence-corrected chi connectivity index (χ1v) is 6.45. The van der Waals surface area contributed by atoms with Gasteiger partial charge in [0, 0.05) is 12.6 Å². The maximum absolute atomic E-state index is 11.9. The van der Waals surface area contributed by atoms with Crippen molar-refractivity contribution < 1.29 is 9.53 Å². The average molecular weight is 226 g/mol. The van der Waals surface area contributed by atoms with E-state index in [9.17, 15) is 4.79 Å². The Balaban J connectivity index is 1.75. The van der Waals surface area contributed by atoms with Gasteiger partial charge in [0.15, 0.2) is 0 Å². The van der Waals surface area contributed by atoms with E-state index in [4.69, 9.17) is 10.5 Å². The first-order chi connectivity index (χ1) is 7.79. The molecule has 0 bridgehead atoms. The molecular formula is C12H22N2O2. The van der Waals surface area contributed by atoms with Gasteiger partial charge < -0.3 is 15.8 Å². The summed E-state index contributed by atoms with van der Waals surface area (Å²) in [7, 11) is 0. The highest BCUT2D eigenvalue weighted by atomic mass is 16.5. The summed E-state index contributed by atoms with van der Waals surface area (Å²) in [6, 6.07) is 0.377. The summed E-state index contributed by atoms with van der Waals surface area (Å²) in [4.78, 5) is 11.9. The number of hydrogen-bond donors (Lipinski definition) is 2. The highest BCUT2D eigenvalue weighted by Gasteiger charge is 2.31. The fraction of sp³-hybridized carbons (Fsp3) is 0.917. The van der Waals surface area contributed by atoms with Gasteiger partial charge in [-0.3, -0.25) is 4.79 Å². The highest BCUT2D eigenvalue weighted by molar-refractivity contribution is 5.81. The quantitative estimate of drug-likeness (QED) is 0.753. The van der Waals surface area contributed by atoms with Crippen molar-refractivity contribution in [1.29, 1.82) is 0 Å². The van der Waals surface area contributed by atoms with Gasteiger partial charge in [0.2, 0.25) is 5.91 Å². The van der Waals surface area contributed by atoms with Gasteiger partial charge in [0.05, 0.1) is 6.10 Å². The van der Waals surface area contributed by atoms with Crippen LogP contribution in [0, 0.1) is 0 Å². The Morgan fingerprint density at radius 2 is 1.94 bits per heavy atom. The van der Waals surface area contributed by atoms with E-state index >= 15 is 0 Å². The number of rotatable bonds is 3. The third-order valence-corrected chi connectivity index (χ3v) is 3.61. The maximum Gasteiger partial charge on any atom is 0.249 e. The van der Waals surface area contributed by atoms with Crippen LogP contribution in [0.4, 0.5) is 0 Å². The lowest BCUT2D eigenvalue weighted by Crippen LogP contribution is -2.42. The normalized spacial score (nSPS) is 31.6. The summed E-state index contributed by atoms with van der Waals surface area (Å²) in [6.07, 6.45) is 7.60. The molecule has 1 aliphatic heterocycles. The van der Waals surface area contributed by atoms with Crippen molar-refractivity contribution in [1.82, 2.24) is 5.32 Å². The van der Waals surface area contributed by atoms with Crippen molar-refractivity contribution in [3.05, 3.63) is 0 Å². The van der Waals surface area contributed by atoms with Gasteiger partial charge in [0.25, 0.3) is 0 Å². The molecule has 2 rings (SSSR count). The van der Waals surface area contributed by atoms with Crippen molar-refractivity contribution in [2.75, 3.05) is 6.54 Å². The van der Waals surface area contributed by atoms with E-state index in [0.29, 0.717) is 12.6 Å². The smallest absolute Gasteiger partial charge is 0.249 e. The van der Waals surface area contributed by atoms with Gasteiger partial charge in [-0.1, -0.05) is 19.3 Å². The summed E-state index contributed by atoms with van der Waals surface area (Å²) < 4.78 is 5.58. The van der Waals surface area contributed by atoms with E-state index in [1.54, 1.807) is 0 Å². The Labute approximate surface area is 96.9 Å². The van der Waals surface area contributed by atoms with Gasteiger partial charge in [-0.2, -0.15) is 0 Å². The summed E-state index contributed by atoms with van der Waals surface area (Å²) in [5.41, 5.74) is 5.52. The van der Waals surface area contributed by atoms with Crippen LogP contribution < -0.4 is 11.1 Å². The highest BCUT2D eigenvalue weighted by Crippen LogP contribution is 2.21. The minimum atomic E-state index is -0.254. The molecule has 3 N–H and O–H groups in total. The Kier molecular flexibility index (Phi) is 4.18. The number of hydrogen-bond acceptors (Lipinski definition) is 3. The molecule has 2 fully saturated rings. The second-order valence-corrected chi connectivity index (χ2v) is 4.90. The molecule has 4 nitrogen and oxygen atoms in total. The number of carbonyl (C=O) groups is 1. The molecule has 1 saturated heterocycles. The van der Waals surface area contributed by atoms with E-state index < -0.39 is 0 Å². The van der Waals surface area contributed by atoms with Crippen molar-refractivity contribution >= 4 is 5.91 Å². The monoisotopic (exact) mass is 226 g/mol. The molecule has 1 heterocycles. The van der Waals surface area contributed by atoms with Crippen LogP contribution in [0.25, 0.3) is 0 Å². The molecule has 0 aromatic carbocycles. The molecule has 1 amide bonds. The van der Waals surface area contributed by atoms with Crippen LogP contribution in [0.3, 0.4) is 0 Å². The van der Waals surface area contributed by atoms with E-state index in [2.05, 4.69) is 5.32 Å². The zero-order valence-electron chi connectivity index (χ0n) is 9.78. The molecule has 92 valence electrons. The van der Waals surface area contributed by atoms with Crippen LogP contribution >= 0.6 is 0 Å². The first-order valence-electron chi connectivity index (χ1n) is 6.45. The molecule has 0 unspecified atom stereocenters. The van der Waals surface area contributed by atoms with Crippen LogP contribution in [0.2, 0.25) is 0 Å². The fourth-order valence-electron chi connectivity index (χ4n) is 2.61. The molecule has 16 heavy (non-hydrogen) atoms. The lowest BCUT2D eigenvalue weighted by molar-refractivity contribution is -0.132. The average Bonchev–Trinajstić information content (AvgIpc) is 2.79. The van der Waals surface area contributed by atoms with Crippen molar-refractivity contribution in [2.24, 2.45) is 5.73 Å². The summed E-state index contributed by atoms with van der Waals surface area (Å²) in [5, 5.41) is 3.10. The van der Waals surface area contributed by atoms with Crippen molar-refractivity contribution in [3.8, 4) is 0 Å². The lowest BCUT2D eigenvalue weighted by atomic mass is 9.95.